The Morgan fingerprint density at radius 2 is 2.19 bits per heavy atom. The molecule has 1 rings (SSSR count). The van der Waals surface area contributed by atoms with Crippen LogP contribution in [-0.4, -0.2) is 17.8 Å². The highest BCUT2D eigenvalue weighted by molar-refractivity contribution is 9.10. The van der Waals surface area contributed by atoms with Gasteiger partial charge in [-0.15, -0.1) is 0 Å². The van der Waals surface area contributed by atoms with E-state index in [1.165, 1.54) is 0 Å². The van der Waals surface area contributed by atoms with E-state index in [0.29, 0.717) is 12.1 Å². The molecule has 1 unspecified atom stereocenters. The van der Waals surface area contributed by atoms with E-state index in [0.717, 1.165) is 10.2 Å². The monoisotopic (exact) mass is 282 g/mol. The molecule has 0 aliphatic rings. The first-order chi connectivity index (χ1) is 7.54. The van der Waals surface area contributed by atoms with Crippen molar-refractivity contribution in [2.75, 3.05) is 11.9 Å². The largest absolute Gasteiger partial charge is 0.391 e. The van der Waals surface area contributed by atoms with Crippen LogP contribution in [0.2, 0.25) is 0 Å². The van der Waals surface area contributed by atoms with E-state index in [9.17, 15) is 5.11 Å². The van der Waals surface area contributed by atoms with Crippen LogP contribution in [-0.2, 0) is 0 Å². The van der Waals surface area contributed by atoms with Crippen LogP contribution < -0.4 is 5.32 Å². The van der Waals surface area contributed by atoms with E-state index in [4.69, 9.17) is 5.26 Å². The zero-order valence-corrected chi connectivity index (χ0v) is 11.0. The van der Waals surface area contributed by atoms with Gasteiger partial charge in [-0.25, -0.2) is 0 Å². The van der Waals surface area contributed by atoms with Gasteiger partial charge < -0.3 is 10.4 Å². The number of hydrogen-bond acceptors (Lipinski definition) is 3. The van der Waals surface area contributed by atoms with Gasteiger partial charge in [0.1, 0.15) is 0 Å². The summed E-state index contributed by atoms with van der Waals surface area (Å²) in [6, 6.07) is 7.40. The van der Waals surface area contributed by atoms with Crippen LogP contribution in [0.3, 0.4) is 0 Å². The molecule has 1 aromatic rings. The first-order valence-corrected chi connectivity index (χ1v) is 5.95. The van der Waals surface area contributed by atoms with Gasteiger partial charge in [-0.2, -0.15) is 5.26 Å². The number of benzene rings is 1. The van der Waals surface area contributed by atoms with Crippen molar-refractivity contribution in [2.45, 2.75) is 20.0 Å². The minimum atomic E-state index is -0.373. The van der Waals surface area contributed by atoms with Crippen LogP contribution in [0.5, 0.6) is 0 Å². The molecule has 4 heteroatoms. The maximum Gasteiger partial charge on any atom is 0.0992 e. The number of anilines is 1. The van der Waals surface area contributed by atoms with Crippen molar-refractivity contribution < 1.29 is 5.11 Å². The van der Waals surface area contributed by atoms with Gasteiger partial charge in [-0.05, 0) is 40.0 Å². The van der Waals surface area contributed by atoms with Crippen molar-refractivity contribution in [1.29, 1.82) is 5.26 Å². The van der Waals surface area contributed by atoms with E-state index >= 15 is 0 Å². The summed E-state index contributed by atoms with van der Waals surface area (Å²) in [5, 5.41) is 21.5. The molecule has 0 bridgehead atoms. The molecular formula is C12H15BrN2O. The van der Waals surface area contributed by atoms with Crippen LogP contribution in [0, 0.1) is 17.2 Å². The van der Waals surface area contributed by atoms with E-state index < -0.39 is 0 Å². The molecule has 0 aromatic heterocycles. The molecule has 0 amide bonds. The molecule has 3 nitrogen and oxygen atoms in total. The molecule has 0 saturated heterocycles. The van der Waals surface area contributed by atoms with Crippen LogP contribution in [0.4, 0.5) is 5.69 Å². The number of aliphatic hydroxyl groups is 1. The van der Waals surface area contributed by atoms with Crippen molar-refractivity contribution in [2.24, 2.45) is 5.92 Å². The predicted octanol–water partition coefficient (Wildman–Crippen LogP) is 2.75. The van der Waals surface area contributed by atoms with E-state index in [2.05, 4.69) is 27.3 Å². The van der Waals surface area contributed by atoms with E-state index in [-0.39, 0.29) is 12.0 Å². The van der Waals surface area contributed by atoms with E-state index in [1.807, 2.05) is 19.9 Å². The van der Waals surface area contributed by atoms with Crippen LogP contribution in [0.1, 0.15) is 19.4 Å². The molecule has 0 fully saturated rings. The number of halogens is 1. The summed E-state index contributed by atoms with van der Waals surface area (Å²) >= 11 is 3.38. The summed E-state index contributed by atoms with van der Waals surface area (Å²) in [7, 11) is 0. The van der Waals surface area contributed by atoms with Gasteiger partial charge in [0.25, 0.3) is 0 Å². The molecule has 16 heavy (non-hydrogen) atoms. The van der Waals surface area contributed by atoms with Crippen molar-refractivity contribution in [3.8, 4) is 6.07 Å². The number of nitrogens with one attached hydrogen (secondary N) is 1. The molecule has 1 aromatic carbocycles. The number of nitrogens with zero attached hydrogens (tertiary/aromatic N) is 1. The highest BCUT2D eigenvalue weighted by atomic mass is 79.9. The third-order valence-corrected chi connectivity index (χ3v) is 3.03. The maximum absolute atomic E-state index is 9.65. The zero-order valence-electron chi connectivity index (χ0n) is 9.37. The standard InChI is InChI=1S/C12H15BrN2O/c1-8(2)12(16)7-15-11-4-3-9(6-14)5-10(11)13/h3-5,8,12,15-16H,7H2,1-2H3. The lowest BCUT2D eigenvalue weighted by Crippen LogP contribution is -2.24. The summed E-state index contributed by atoms with van der Waals surface area (Å²) in [4.78, 5) is 0. The molecule has 0 aliphatic carbocycles. The minimum Gasteiger partial charge on any atom is -0.391 e. The fourth-order valence-corrected chi connectivity index (χ4v) is 1.70. The van der Waals surface area contributed by atoms with Crippen LogP contribution >= 0.6 is 15.9 Å². The highest BCUT2D eigenvalue weighted by Crippen LogP contribution is 2.23. The van der Waals surface area contributed by atoms with Gasteiger partial charge in [-0.1, -0.05) is 13.8 Å². The summed E-state index contributed by atoms with van der Waals surface area (Å²) < 4.78 is 0.836. The molecule has 0 aliphatic heterocycles. The Hall–Kier alpha value is -1.05. The summed E-state index contributed by atoms with van der Waals surface area (Å²) in [6.45, 7) is 4.45. The Labute approximate surface area is 104 Å². The Morgan fingerprint density at radius 3 is 2.69 bits per heavy atom. The van der Waals surface area contributed by atoms with Crippen molar-refractivity contribution in [3.05, 3.63) is 28.2 Å². The fourth-order valence-electron chi connectivity index (χ4n) is 1.18. The second kappa shape index (κ2) is 5.88. The fraction of sp³-hybridized carbons (Fsp3) is 0.417. The molecule has 2 N–H and O–H groups in total. The normalized spacial score (nSPS) is 12.2. The molecule has 0 radical (unpaired) electrons. The third-order valence-electron chi connectivity index (χ3n) is 2.37. The average Bonchev–Trinajstić information content (AvgIpc) is 2.26. The average molecular weight is 283 g/mol. The lowest BCUT2D eigenvalue weighted by Gasteiger charge is -2.16. The van der Waals surface area contributed by atoms with Gasteiger partial charge in [0.05, 0.1) is 17.7 Å². The van der Waals surface area contributed by atoms with Crippen molar-refractivity contribution in [3.63, 3.8) is 0 Å². The number of hydrogen-bond donors (Lipinski definition) is 2. The second-order valence-corrected chi connectivity index (χ2v) is 4.85. The first kappa shape index (κ1) is 13.0. The third kappa shape index (κ3) is 3.51. The van der Waals surface area contributed by atoms with Gasteiger partial charge in [-0.3, -0.25) is 0 Å². The highest BCUT2D eigenvalue weighted by Gasteiger charge is 2.09. The van der Waals surface area contributed by atoms with Gasteiger partial charge in [0, 0.05) is 16.7 Å². The molecule has 0 spiro atoms. The maximum atomic E-state index is 9.65. The SMILES string of the molecule is CC(C)C(O)CNc1ccc(C#N)cc1Br. The number of nitriles is 1. The Kier molecular flexibility index (Phi) is 4.78. The lowest BCUT2D eigenvalue weighted by atomic mass is 10.1. The Morgan fingerprint density at radius 1 is 1.50 bits per heavy atom. The minimum absolute atomic E-state index is 0.227. The Bertz CT molecular complexity index is 398. The summed E-state index contributed by atoms with van der Waals surface area (Å²) in [6.07, 6.45) is -0.373. The first-order valence-electron chi connectivity index (χ1n) is 5.16. The molecule has 0 saturated carbocycles. The van der Waals surface area contributed by atoms with Gasteiger partial charge in [0.2, 0.25) is 0 Å². The molecular weight excluding hydrogens is 268 g/mol. The smallest absolute Gasteiger partial charge is 0.0992 e. The van der Waals surface area contributed by atoms with Gasteiger partial charge >= 0.3 is 0 Å². The molecule has 1 atom stereocenters. The van der Waals surface area contributed by atoms with Crippen molar-refractivity contribution in [1.82, 2.24) is 0 Å². The van der Waals surface area contributed by atoms with Crippen LogP contribution in [0.25, 0.3) is 0 Å². The number of aliphatic hydroxyl groups excluding tert-OH is 1. The lowest BCUT2D eigenvalue weighted by molar-refractivity contribution is 0.138. The molecule has 0 heterocycles. The molecule has 86 valence electrons. The predicted molar refractivity (Wildman–Crippen MR) is 68.2 cm³/mol. The van der Waals surface area contributed by atoms with Crippen molar-refractivity contribution >= 4 is 21.6 Å². The summed E-state index contributed by atoms with van der Waals surface area (Å²) in [5.74, 6) is 0.227. The zero-order chi connectivity index (χ0) is 12.1. The number of rotatable bonds is 4. The van der Waals surface area contributed by atoms with E-state index in [1.54, 1.807) is 12.1 Å². The topological polar surface area (TPSA) is 56.0 Å². The van der Waals surface area contributed by atoms with Gasteiger partial charge in [0.15, 0.2) is 0 Å². The second-order valence-electron chi connectivity index (χ2n) is 4.00. The quantitative estimate of drug-likeness (QED) is 0.893. The summed E-state index contributed by atoms with van der Waals surface area (Å²) in [5.41, 5.74) is 1.50. The Balaban J connectivity index is 2.65. The van der Waals surface area contributed by atoms with Crippen LogP contribution in [0.15, 0.2) is 22.7 Å².